The van der Waals surface area contributed by atoms with Crippen LogP contribution in [-0.2, 0) is 9.22 Å². The van der Waals surface area contributed by atoms with E-state index in [0.717, 1.165) is 6.54 Å². The summed E-state index contributed by atoms with van der Waals surface area (Å²) >= 11 is 0. The first-order chi connectivity index (χ1) is 6.10. The van der Waals surface area contributed by atoms with Crippen molar-refractivity contribution >= 4 is 22.5 Å². The predicted molar refractivity (Wildman–Crippen MR) is 65.4 cm³/mol. The summed E-state index contributed by atoms with van der Waals surface area (Å²) in [6, 6.07) is 0. The van der Waals surface area contributed by atoms with Crippen LogP contribution in [0.2, 0.25) is 39.3 Å². The number of carbonyl (C=O) groups excluding carboxylic acids is 1. The number of hydrogen-bond donors (Lipinski definition) is 1. The first-order valence-corrected chi connectivity index (χ1v) is 12.0. The number of rotatable bonds is 5. The zero-order valence-corrected chi connectivity index (χ0v) is 12.2. The molecule has 0 heterocycles. The molecule has 0 fully saturated rings. The van der Waals surface area contributed by atoms with Gasteiger partial charge < -0.3 is 9.41 Å². The SMILES string of the molecule is C[Si](C)(C)NCCC(=O)O[Si](C)(C)C. The lowest BCUT2D eigenvalue weighted by Crippen LogP contribution is -2.42. The molecule has 0 aliphatic rings. The smallest absolute Gasteiger partial charge is 0.293 e. The molecule has 84 valence electrons. The Morgan fingerprint density at radius 1 is 1.14 bits per heavy atom. The summed E-state index contributed by atoms with van der Waals surface area (Å²) in [5.41, 5.74) is 0. The maximum absolute atomic E-state index is 11.3. The lowest BCUT2D eigenvalue weighted by molar-refractivity contribution is -0.134. The van der Waals surface area contributed by atoms with Crippen LogP contribution < -0.4 is 4.98 Å². The molecule has 0 aromatic rings. The van der Waals surface area contributed by atoms with Crippen molar-refractivity contribution in [3.8, 4) is 0 Å². The highest BCUT2D eigenvalue weighted by atomic mass is 28.4. The van der Waals surface area contributed by atoms with Crippen molar-refractivity contribution in [2.75, 3.05) is 6.54 Å². The van der Waals surface area contributed by atoms with Gasteiger partial charge in [-0.1, -0.05) is 19.6 Å². The first kappa shape index (κ1) is 13.9. The second-order valence-corrected chi connectivity index (χ2v) is 14.8. The lowest BCUT2D eigenvalue weighted by atomic mass is 10.5. The van der Waals surface area contributed by atoms with Crippen molar-refractivity contribution in [2.24, 2.45) is 0 Å². The zero-order valence-electron chi connectivity index (χ0n) is 10.2. The summed E-state index contributed by atoms with van der Waals surface area (Å²) in [5.74, 6) is -0.0603. The molecule has 0 spiro atoms. The van der Waals surface area contributed by atoms with Crippen LogP contribution in [0.15, 0.2) is 0 Å². The summed E-state index contributed by atoms with van der Waals surface area (Å²) in [5, 5.41) is 0. The van der Waals surface area contributed by atoms with Crippen LogP contribution in [-0.4, -0.2) is 29.1 Å². The van der Waals surface area contributed by atoms with E-state index in [4.69, 9.17) is 4.43 Å². The summed E-state index contributed by atoms with van der Waals surface area (Å²) in [6.45, 7) is 13.5. The molecule has 0 aromatic heterocycles. The average Bonchev–Trinajstić information content (AvgIpc) is 1.78. The molecule has 0 atom stereocenters. The third-order valence-electron chi connectivity index (χ3n) is 1.40. The normalized spacial score (nSPS) is 12.7. The highest BCUT2D eigenvalue weighted by Crippen LogP contribution is 2.04. The van der Waals surface area contributed by atoms with Gasteiger partial charge in [-0.25, -0.2) is 0 Å². The molecule has 0 amide bonds. The molecule has 0 saturated heterocycles. The van der Waals surface area contributed by atoms with Crippen molar-refractivity contribution in [3.05, 3.63) is 0 Å². The standard InChI is InChI=1S/C9H23NO2Si2/c1-13(2,3)10-8-7-9(11)12-14(4,5)6/h10H,7-8H2,1-6H3. The summed E-state index contributed by atoms with van der Waals surface area (Å²) in [6.07, 6.45) is 0.495. The van der Waals surface area contributed by atoms with E-state index >= 15 is 0 Å². The van der Waals surface area contributed by atoms with Gasteiger partial charge in [-0.15, -0.1) is 0 Å². The molecule has 0 aliphatic carbocycles. The van der Waals surface area contributed by atoms with Gasteiger partial charge in [0.25, 0.3) is 5.97 Å². The lowest BCUT2D eigenvalue weighted by Gasteiger charge is -2.20. The molecule has 0 rings (SSSR count). The Balaban J connectivity index is 3.66. The monoisotopic (exact) mass is 233 g/mol. The Bertz CT molecular complexity index is 194. The molecule has 3 nitrogen and oxygen atoms in total. The molecule has 0 unspecified atom stereocenters. The Morgan fingerprint density at radius 2 is 1.64 bits per heavy atom. The van der Waals surface area contributed by atoms with Crippen LogP contribution in [0.4, 0.5) is 0 Å². The minimum atomic E-state index is -1.68. The van der Waals surface area contributed by atoms with E-state index in [-0.39, 0.29) is 5.97 Å². The molecular weight excluding hydrogens is 210 g/mol. The van der Waals surface area contributed by atoms with Crippen molar-refractivity contribution in [1.29, 1.82) is 0 Å². The van der Waals surface area contributed by atoms with Gasteiger partial charge >= 0.3 is 0 Å². The number of carbonyl (C=O) groups is 1. The Kier molecular flexibility index (Phi) is 5.04. The van der Waals surface area contributed by atoms with Crippen molar-refractivity contribution in [1.82, 2.24) is 4.98 Å². The highest BCUT2D eigenvalue weighted by Gasteiger charge is 2.20. The topological polar surface area (TPSA) is 38.3 Å². The predicted octanol–water partition coefficient (Wildman–Crippen LogP) is 2.18. The third-order valence-corrected chi connectivity index (χ3v) is 3.56. The quantitative estimate of drug-likeness (QED) is 0.740. The van der Waals surface area contributed by atoms with E-state index < -0.39 is 16.6 Å². The molecule has 5 heteroatoms. The fourth-order valence-corrected chi connectivity index (χ4v) is 2.59. The maximum atomic E-state index is 11.3. The first-order valence-electron chi connectivity index (χ1n) is 5.07. The Hall–Kier alpha value is -0.136. The zero-order chi connectivity index (χ0) is 11.4. The minimum Gasteiger partial charge on any atom is -0.520 e. The van der Waals surface area contributed by atoms with Gasteiger partial charge in [-0.3, -0.25) is 4.79 Å². The Labute approximate surface area is 89.4 Å². The largest absolute Gasteiger partial charge is 0.520 e. The van der Waals surface area contributed by atoms with E-state index in [1.807, 2.05) is 19.6 Å². The average molecular weight is 233 g/mol. The van der Waals surface area contributed by atoms with Gasteiger partial charge in [-0.2, -0.15) is 0 Å². The Morgan fingerprint density at radius 3 is 2.00 bits per heavy atom. The van der Waals surface area contributed by atoms with Crippen LogP contribution in [0.1, 0.15) is 6.42 Å². The van der Waals surface area contributed by atoms with Gasteiger partial charge in [0, 0.05) is 0 Å². The van der Waals surface area contributed by atoms with Gasteiger partial charge in [0.15, 0.2) is 0 Å². The number of hydrogen-bond acceptors (Lipinski definition) is 3. The van der Waals surface area contributed by atoms with Gasteiger partial charge in [0.05, 0.1) is 6.42 Å². The van der Waals surface area contributed by atoms with Crippen LogP contribution in [0.25, 0.3) is 0 Å². The van der Waals surface area contributed by atoms with E-state index in [0.29, 0.717) is 6.42 Å². The molecule has 14 heavy (non-hydrogen) atoms. The summed E-state index contributed by atoms with van der Waals surface area (Å²) in [4.78, 5) is 14.7. The second kappa shape index (κ2) is 5.09. The molecule has 0 saturated carbocycles. The highest BCUT2D eigenvalue weighted by molar-refractivity contribution is 6.73. The van der Waals surface area contributed by atoms with E-state index in [1.165, 1.54) is 0 Å². The summed E-state index contributed by atoms with van der Waals surface area (Å²) < 4.78 is 5.33. The van der Waals surface area contributed by atoms with Crippen LogP contribution >= 0.6 is 0 Å². The van der Waals surface area contributed by atoms with Crippen molar-refractivity contribution < 1.29 is 9.22 Å². The van der Waals surface area contributed by atoms with Crippen molar-refractivity contribution in [2.45, 2.75) is 45.7 Å². The van der Waals surface area contributed by atoms with Crippen LogP contribution in [0.5, 0.6) is 0 Å². The molecule has 0 bridgehead atoms. The van der Waals surface area contributed by atoms with Crippen LogP contribution in [0.3, 0.4) is 0 Å². The summed E-state index contributed by atoms with van der Waals surface area (Å²) in [7, 11) is -2.91. The fourth-order valence-electron chi connectivity index (χ4n) is 0.932. The molecular formula is C9H23NO2Si2. The van der Waals surface area contributed by atoms with Gasteiger partial charge in [0.2, 0.25) is 8.32 Å². The minimum absolute atomic E-state index is 0.0603. The molecule has 0 aromatic carbocycles. The van der Waals surface area contributed by atoms with Gasteiger partial charge in [0.1, 0.15) is 8.24 Å². The van der Waals surface area contributed by atoms with E-state index in [9.17, 15) is 4.79 Å². The molecule has 0 aliphatic heterocycles. The van der Waals surface area contributed by atoms with E-state index in [1.54, 1.807) is 0 Å². The molecule has 0 radical (unpaired) electrons. The second-order valence-electron chi connectivity index (χ2n) is 5.51. The molecule has 1 N–H and O–H groups in total. The van der Waals surface area contributed by atoms with Gasteiger partial charge in [-0.05, 0) is 26.2 Å². The third kappa shape index (κ3) is 9.95. The maximum Gasteiger partial charge on any atom is 0.293 e. The van der Waals surface area contributed by atoms with E-state index in [2.05, 4.69) is 24.6 Å². The van der Waals surface area contributed by atoms with Crippen molar-refractivity contribution in [3.63, 3.8) is 0 Å². The number of nitrogens with one attached hydrogen (secondary N) is 1. The van der Waals surface area contributed by atoms with Crippen LogP contribution in [0, 0.1) is 0 Å². The fraction of sp³-hybridized carbons (Fsp3) is 0.889.